The van der Waals surface area contributed by atoms with E-state index in [2.05, 4.69) is 10.3 Å². The molecule has 0 saturated heterocycles. The molecule has 0 radical (unpaired) electrons. The van der Waals surface area contributed by atoms with Crippen molar-refractivity contribution in [3.63, 3.8) is 0 Å². The molecule has 0 unspecified atom stereocenters. The second-order valence-corrected chi connectivity index (χ2v) is 4.99. The van der Waals surface area contributed by atoms with Crippen molar-refractivity contribution in [1.82, 2.24) is 4.98 Å². The second-order valence-electron chi connectivity index (χ2n) is 4.99. The molecule has 0 fully saturated rings. The highest BCUT2D eigenvalue weighted by molar-refractivity contribution is 6.10. The molecule has 3 rings (SSSR count). The maximum absolute atomic E-state index is 12.3. The minimum atomic E-state index is -0.344. The Kier molecular flexibility index (Phi) is 3.39. The summed E-state index contributed by atoms with van der Waals surface area (Å²) >= 11 is 0. The average Bonchev–Trinajstić information content (AvgIpc) is 2.98. The molecular weight excluding hydrogens is 280 g/mol. The van der Waals surface area contributed by atoms with Crippen LogP contribution in [-0.4, -0.2) is 21.8 Å². The summed E-state index contributed by atoms with van der Waals surface area (Å²) in [6.45, 7) is 1.44. The maximum atomic E-state index is 12.3. The molecule has 5 heteroatoms. The van der Waals surface area contributed by atoms with Crippen molar-refractivity contribution in [1.29, 1.82) is 0 Å². The minimum absolute atomic E-state index is 0.106. The molecule has 3 N–H and O–H groups in total. The van der Waals surface area contributed by atoms with Crippen LogP contribution in [0.15, 0.2) is 48.7 Å². The molecule has 0 saturated carbocycles. The van der Waals surface area contributed by atoms with Gasteiger partial charge in [0.2, 0.25) is 0 Å². The molecule has 1 amide bonds. The zero-order chi connectivity index (χ0) is 15.7. The third-order valence-electron chi connectivity index (χ3n) is 3.48. The van der Waals surface area contributed by atoms with E-state index < -0.39 is 0 Å². The number of anilines is 1. The van der Waals surface area contributed by atoms with E-state index in [1.54, 1.807) is 30.3 Å². The topological polar surface area (TPSA) is 82.2 Å². The Bertz CT molecular complexity index is 880. The van der Waals surface area contributed by atoms with Gasteiger partial charge in [-0.15, -0.1) is 0 Å². The normalized spacial score (nSPS) is 10.6. The van der Waals surface area contributed by atoms with Gasteiger partial charge in [0.1, 0.15) is 11.4 Å². The van der Waals surface area contributed by atoms with E-state index in [1.165, 1.54) is 19.2 Å². The number of nitrogens with one attached hydrogen (secondary N) is 2. The quantitative estimate of drug-likeness (QED) is 0.648. The van der Waals surface area contributed by atoms with Crippen LogP contribution in [0, 0.1) is 0 Å². The zero-order valence-corrected chi connectivity index (χ0v) is 11.9. The molecule has 0 bridgehead atoms. The Labute approximate surface area is 126 Å². The summed E-state index contributed by atoms with van der Waals surface area (Å²) in [4.78, 5) is 26.3. The third-order valence-corrected chi connectivity index (χ3v) is 3.48. The monoisotopic (exact) mass is 294 g/mol. The molecule has 0 aliphatic rings. The molecule has 110 valence electrons. The molecule has 5 nitrogen and oxygen atoms in total. The number of phenolic OH excluding ortho intramolecular Hbond substituents is 1. The smallest absolute Gasteiger partial charge is 0.272 e. The summed E-state index contributed by atoms with van der Waals surface area (Å²) in [6.07, 6.45) is 1.51. The first-order valence-corrected chi connectivity index (χ1v) is 6.77. The van der Waals surface area contributed by atoms with E-state index >= 15 is 0 Å². The number of fused-ring (bicyclic) bond motifs is 1. The largest absolute Gasteiger partial charge is 0.507 e. The van der Waals surface area contributed by atoms with Crippen molar-refractivity contribution < 1.29 is 14.7 Å². The summed E-state index contributed by atoms with van der Waals surface area (Å²) < 4.78 is 0. The van der Waals surface area contributed by atoms with Crippen LogP contribution in [0.3, 0.4) is 0 Å². The van der Waals surface area contributed by atoms with Crippen molar-refractivity contribution in [2.24, 2.45) is 0 Å². The molecule has 1 heterocycles. The molecule has 2 aromatic carbocycles. The lowest BCUT2D eigenvalue weighted by Crippen LogP contribution is -2.12. The minimum Gasteiger partial charge on any atom is -0.507 e. The fourth-order valence-corrected chi connectivity index (χ4v) is 2.32. The van der Waals surface area contributed by atoms with Crippen molar-refractivity contribution in [2.45, 2.75) is 6.92 Å². The van der Waals surface area contributed by atoms with E-state index in [-0.39, 0.29) is 17.4 Å². The van der Waals surface area contributed by atoms with Crippen LogP contribution in [0.5, 0.6) is 5.75 Å². The Balaban J connectivity index is 1.94. The SMILES string of the molecule is CC(=O)c1c[nH]c(C(=O)Nc2cccc3c(O)cccc23)c1. The maximum Gasteiger partial charge on any atom is 0.272 e. The Morgan fingerprint density at radius 3 is 2.55 bits per heavy atom. The number of phenols is 1. The zero-order valence-electron chi connectivity index (χ0n) is 11.9. The van der Waals surface area contributed by atoms with Crippen molar-refractivity contribution in [3.8, 4) is 5.75 Å². The van der Waals surface area contributed by atoms with Gasteiger partial charge in [0, 0.05) is 28.2 Å². The lowest BCUT2D eigenvalue weighted by Gasteiger charge is -2.08. The fraction of sp³-hybridized carbons (Fsp3) is 0.0588. The molecule has 3 aromatic rings. The first-order valence-electron chi connectivity index (χ1n) is 6.77. The van der Waals surface area contributed by atoms with E-state index in [0.29, 0.717) is 22.3 Å². The number of carbonyl (C=O) groups excluding carboxylic acids is 2. The molecule has 0 atom stereocenters. The van der Waals surface area contributed by atoms with Crippen LogP contribution < -0.4 is 5.32 Å². The predicted octanol–water partition coefficient (Wildman–Crippen LogP) is 3.33. The predicted molar refractivity (Wildman–Crippen MR) is 84.4 cm³/mol. The number of rotatable bonds is 3. The fourth-order valence-electron chi connectivity index (χ4n) is 2.32. The van der Waals surface area contributed by atoms with E-state index in [9.17, 15) is 14.7 Å². The van der Waals surface area contributed by atoms with E-state index in [0.717, 1.165) is 5.39 Å². The highest BCUT2D eigenvalue weighted by Crippen LogP contribution is 2.29. The van der Waals surface area contributed by atoms with Gasteiger partial charge in [0.25, 0.3) is 5.91 Å². The Hall–Kier alpha value is -3.08. The van der Waals surface area contributed by atoms with Gasteiger partial charge in [-0.1, -0.05) is 24.3 Å². The number of aromatic amines is 1. The highest BCUT2D eigenvalue weighted by Gasteiger charge is 2.12. The lowest BCUT2D eigenvalue weighted by molar-refractivity contribution is 0.101. The highest BCUT2D eigenvalue weighted by atomic mass is 16.3. The van der Waals surface area contributed by atoms with Crippen LogP contribution >= 0.6 is 0 Å². The number of ketones is 1. The van der Waals surface area contributed by atoms with E-state index in [4.69, 9.17) is 0 Å². The summed E-state index contributed by atoms with van der Waals surface area (Å²) in [5.41, 5.74) is 1.36. The van der Waals surface area contributed by atoms with Gasteiger partial charge in [0.05, 0.1) is 0 Å². The average molecular weight is 294 g/mol. The number of carbonyl (C=O) groups is 2. The van der Waals surface area contributed by atoms with Gasteiger partial charge in [-0.3, -0.25) is 9.59 Å². The molecule has 0 aliphatic carbocycles. The number of hydrogen-bond acceptors (Lipinski definition) is 3. The van der Waals surface area contributed by atoms with Crippen molar-refractivity contribution in [3.05, 3.63) is 59.9 Å². The summed E-state index contributed by atoms with van der Waals surface area (Å²) in [6, 6.07) is 11.9. The van der Waals surface area contributed by atoms with Gasteiger partial charge >= 0.3 is 0 Å². The summed E-state index contributed by atoms with van der Waals surface area (Å²) in [5.74, 6) is -0.291. The van der Waals surface area contributed by atoms with Crippen LogP contribution in [0.1, 0.15) is 27.8 Å². The molecular formula is C17H14N2O3. The van der Waals surface area contributed by atoms with Crippen LogP contribution in [0.25, 0.3) is 10.8 Å². The van der Waals surface area contributed by atoms with Gasteiger partial charge in [-0.2, -0.15) is 0 Å². The standard InChI is InChI=1S/C17H14N2O3/c1-10(20)11-8-15(18-9-11)17(22)19-14-6-2-5-13-12(14)4-3-7-16(13)21/h2-9,18,21H,1H3,(H,19,22). The van der Waals surface area contributed by atoms with Crippen LogP contribution in [0.4, 0.5) is 5.69 Å². The molecule has 1 aromatic heterocycles. The van der Waals surface area contributed by atoms with Crippen LogP contribution in [-0.2, 0) is 0 Å². The van der Waals surface area contributed by atoms with Crippen molar-refractivity contribution in [2.75, 3.05) is 5.32 Å². The van der Waals surface area contributed by atoms with Gasteiger partial charge < -0.3 is 15.4 Å². The number of aromatic hydroxyl groups is 1. The third kappa shape index (κ3) is 2.44. The Morgan fingerprint density at radius 2 is 1.82 bits per heavy atom. The lowest BCUT2D eigenvalue weighted by atomic mass is 10.1. The summed E-state index contributed by atoms with van der Waals surface area (Å²) in [7, 11) is 0. The number of hydrogen-bond donors (Lipinski definition) is 3. The first kappa shape index (κ1) is 13.9. The second kappa shape index (κ2) is 5.37. The molecule has 0 spiro atoms. The molecule has 22 heavy (non-hydrogen) atoms. The summed E-state index contributed by atoms with van der Waals surface area (Å²) in [5, 5.41) is 14.1. The van der Waals surface area contributed by atoms with Gasteiger partial charge in [-0.25, -0.2) is 0 Å². The van der Waals surface area contributed by atoms with Gasteiger partial charge in [-0.05, 0) is 25.1 Å². The van der Waals surface area contributed by atoms with Crippen LogP contribution in [0.2, 0.25) is 0 Å². The number of H-pyrrole nitrogens is 1. The number of aromatic nitrogens is 1. The number of benzene rings is 2. The van der Waals surface area contributed by atoms with E-state index in [1.807, 2.05) is 6.07 Å². The Morgan fingerprint density at radius 1 is 1.09 bits per heavy atom. The number of amides is 1. The first-order chi connectivity index (χ1) is 10.6. The van der Waals surface area contributed by atoms with Crippen molar-refractivity contribution >= 4 is 28.2 Å². The van der Waals surface area contributed by atoms with Gasteiger partial charge in [0.15, 0.2) is 5.78 Å². The molecule has 0 aliphatic heterocycles. The number of Topliss-reactive ketones (excluding diaryl/α,β-unsaturated/α-hetero) is 1.